The highest BCUT2D eigenvalue weighted by atomic mass is 32.2. The minimum absolute atomic E-state index is 0.171. The van der Waals surface area contributed by atoms with Crippen molar-refractivity contribution in [1.82, 2.24) is 18.1 Å². The highest BCUT2D eigenvalue weighted by Crippen LogP contribution is 2.39. The number of hydrogen-bond acceptors (Lipinski definition) is 4. The number of rotatable bonds is 5. The maximum absolute atomic E-state index is 13.4. The average Bonchev–Trinajstić information content (AvgIpc) is 3.39. The SMILES string of the molecule is CCSc1c(-c2cn(C)c(=O)c3c2ccn3S(=O)c2ccc(C)cc2)ccc2c1[nH]c(=O)n2C. The summed E-state index contributed by atoms with van der Waals surface area (Å²) in [5.41, 5.74) is 4.43. The summed E-state index contributed by atoms with van der Waals surface area (Å²) in [6.45, 7) is 4.04. The zero-order valence-electron chi connectivity index (χ0n) is 19.3. The highest BCUT2D eigenvalue weighted by Gasteiger charge is 2.21. The van der Waals surface area contributed by atoms with Gasteiger partial charge in [0.05, 0.1) is 15.9 Å². The van der Waals surface area contributed by atoms with Crippen LogP contribution in [0.2, 0.25) is 0 Å². The first kappa shape index (κ1) is 22.5. The molecule has 0 amide bonds. The molecule has 5 rings (SSSR count). The minimum Gasteiger partial charge on any atom is -0.316 e. The number of hydrogen-bond donors (Lipinski definition) is 1. The summed E-state index contributed by atoms with van der Waals surface area (Å²) in [5, 5.41) is 0.721. The van der Waals surface area contributed by atoms with Crippen molar-refractivity contribution in [2.24, 2.45) is 14.1 Å². The van der Waals surface area contributed by atoms with Gasteiger partial charge in [0.25, 0.3) is 5.56 Å². The summed E-state index contributed by atoms with van der Waals surface area (Å²) in [6, 6.07) is 13.2. The van der Waals surface area contributed by atoms with Gasteiger partial charge in [0.1, 0.15) is 5.52 Å². The molecule has 174 valence electrons. The van der Waals surface area contributed by atoms with Gasteiger partial charge in [0, 0.05) is 42.3 Å². The topological polar surface area (TPSA) is 81.8 Å². The van der Waals surface area contributed by atoms with Crippen LogP contribution in [0.4, 0.5) is 0 Å². The number of aryl methyl sites for hydroxylation is 3. The number of thioether (sulfide) groups is 1. The predicted octanol–water partition coefficient (Wildman–Crippen LogP) is 4.18. The van der Waals surface area contributed by atoms with E-state index in [0.717, 1.165) is 43.8 Å². The second-order valence-electron chi connectivity index (χ2n) is 8.18. The molecular formula is C25H24N4O3S2. The lowest BCUT2D eigenvalue weighted by Gasteiger charge is -2.14. The summed E-state index contributed by atoms with van der Waals surface area (Å²) >= 11 is 1.64. The smallest absolute Gasteiger partial charge is 0.316 e. The molecule has 1 atom stereocenters. The van der Waals surface area contributed by atoms with Gasteiger partial charge in [-0.3, -0.25) is 13.3 Å². The monoisotopic (exact) mass is 492 g/mol. The van der Waals surface area contributed by atoms with Crippen molar-refractivity contribution in [3.8, 4) is 11.1 Å². The molecule has 0 radical (unpaired) electrons. The van der Waals surface area contributed by atoms with Crippen molar-refractivity contribution in [3.63, 3.8) is 0 Å². The molecular weight excluding hydrogens is 468 g/mol. The van der Waals surface area contributed by atoms with Crippen LogP contribution in [-0.4, -0.2) is 28.1 Å². The zero-order valence-corrected chi connectivity index (χ0v) is 20.9. The Morgan fingerprint density at radius 1 is 1.00 bits per heavy atom. The van der Waals surface area contributed by atoms with Gasteiger partial charge in [-0.1, -0.05) is 30.7 Å². The average molecular weight is 493 g/mol. The number of fused-ring (bicyclic) bond motifs is 2. The third kappa shape index (κ3) is 3.47. The summed E-state index contributed by atoms with van der Waals surface area (Å²) in [7, 11) is 1.88. The van der Waals surface area contributed by atoms with Gasteiger partial charge >= 0.3 is 5.69 Å². The van der Waals surface area contributed by atoms with E-state index in [9.17, 15) is 13.8 Å². The molecule has 0 bridgehead atoms. The van der Waals surface area contributed by atoms with E-state index in [-0.39, 0.29) is 11.2 Å². The molecule has 1 N–H and O–H groups in total. The maximum Gasteiger partial charge on any atom is 0.326 e. The van der Waals surface area contributed by atoms with Gasteiger partial charge in [0.15, 0.2) is 11.0 Å². The number of pyridine rings is 1. The van der Waals surface area contributed by atoms with Gasteiger partial charge in [-0.15, -0.1) is 11.8 Å². The molecule has 0 fully saturated rings. The molecule has 0 aliphatic carbocycles. The number of aromatic nitrogens is 4. The quantitative estimate of drug-likeness (QED) is 0.373. The van der Waals surface area contributed by atoms with Gasteiger partial charge in [-0.25, -0.2) is 9.00 Å². The molecule has 3 heterocycles. The van der Waals surface area contributed by atoms with Crippen LogP contribution in [-0.2, 0) is 25.1 Å². The van der Waals surface area contributed by atoms with E-state index in [0.29, 0.717) is 10.4 Å². The lowest BCUT2D eigenvalue weighted by Crippen LogP contribution is -2.20. The fourth-order valence-electron chi connectivity index (χ4n) is 4.23. The van der Waals surface area contributed by atoms with Crippen molar-refractivity contribution in [3.05, 3.63) is 81.3 Å². The van der Waals surface area contributed by atoms with E-state index in [4.69, 9.17) is 0 Å². The molecule has 1 unspecified atom stereocenters. The Morgan fingerprint density at radius 3 is 2.44 bits per heavy atom. The molecule has 9 heteroatoms. The predicted molar refractivity (Wildman–Crippen MR) is 139 cm³/mol. The zero-order chi connectivity index (χ0) is 24.1. The maximum atomic E-state index is 13.4. The van der Waals surface area contributed by atoms with E-state index in [1.54, 1.807) is 40.6 Å². The first-order chi connectivity index (χ1) is 16.3. The Bertz CT molecular complexity index is 1710. The second kappa shape index (κ2) is 8.48. The van der Waals surface area contributed by atoms with Gasteiger partial charge < -0.3 is 9.55 Å². The van der Waals surface area contributed by atoms with Crippen LogP contribution in [0.25, 0.3) is 33.1 Å². The Balaban J connectivity index is 1.79. The summed E-state index contributed by atoms with van der Waals surface area (Å²) in [4.78, 5) is 30.1. The molecule has 7 nitrogen and oxygen atoms in total. The van der Waals surface area contributed by atoms with Crippen LogP contribution in [0, 0.1) is 6.92 Å². The van der Waals surface area contributed by atoms with Crippen LogP contribution in [0.1, 0.15) is 12.5 Å². The van der Waals surface area contributed by atoms with Crippen LogP contribution in [0.5, 0.6) is 0 Å². The third-order valence-corrected chi connectivity index (χ3v) is 8.34. The highest BCUT2D eigenvalue weighted by molar-refractivity contribution is 7.99. The van der Waals surface area contributed by atoms with E-state index in [1.807, 2.05) is 55.6 Å². The number of benzene rings is 2. The Kier molecular flexibility index (Phi) is 5.61. The molecule has 0 spiro atoms. The van der Waals surface area contributed by atoms with E-state index in [2.05, 4.69) is 11.9 Å². The first-order valence-electron chi connectivity index (χ1n) is 10.9. The molecule has 3 aromatic heterocycles. The van der Waals surface area contributed by atoms with E-state index in [1.165, 1.54) is 4.57 Å². The molecule has 0 aliphatic heterocycles. The van der Waals surface area contributed by atoms with E-state index >= 15 is 0 Å². The Labute approximate surface area is 202 Å². The van der Waals surface area contributed by atoms with Crippen molar-refractivity contribution in [2.75, 3.05) is 5.75 Å². The van der Waals surface area contributed by atoms with Crippen molar-refractivity contribution in [1.29, 1.82) is 0 Å². The largest absolute Gasteiger partial charge is 0.326 e. The molecule has 5 aromatic rings. The molecule has 0 saturated carbocycles. The Morgan fingerprint density at radius 2 is 1.74 bits per heavy atom. The van der Waals surface area contributed by atoms with Crippen LogP contribution >= 0.6 is 11.8 Å². The molecule has 0 saturated heterocycles. The standard InChI is InChI=1S/C25H24N4O3S2/c1-5-33-23-18(10-11-20-21(23)26-25(31)28(20)4)19-14-27(3)24(30)22-17(19)12-13-29(22)34(32)16-8-6-15(2)7-9-16/h6-14H,5H2,1-4H3,(H,26,31). The number of imidazole rings is 1. The van der Waals surface area contributed by atoms with Gasteiger partial charge in [-0.05, 0) is 42.5 Å². The van der Waals surface area contributed by atoms with Crippen molar-refractivity contribution < 1.29 is 4.21 Å². The molecule has 34 heavy (non-hydrogen) atoms. The van der Waals surface area contributed by atoms with Crippen LogP contribution in [0.15, 0.2) is 74.2 Å². The lowest BCUT2D eigenvalue weighted by molar-refractivity contribution is 0.678. The number of nitrogens with one attached hydrogen (secondary N) is 1. The molecule has 2 aromatic carbocycles. The fraction of sp³-hybridized carbons (Fsp3) is 0.200. The summed E-state index contributed by atoms with van der Waals surface area (Å²) in [5.74, 6) is 0.816. The number of H-pyrrole nitrogens is 1. The van der Waals surface area contributed by atoms with Gasteiger partial charge in [0.2, 0.25) is 0 Å². The minimum atomic E-state index is -1.57. The van der Waals surface area contributed by atoms with Gasteiger partial charge in [-0.2, -0.15) is 0 Å². The normalized spacial score (nSPS) is 12.6. The van der Waals surface area contributed by atoms with E-state index < -0.39 is 11.0 Å². The first-order valence-corrected chi connectivity index (χ1v) is 13.0. The van der Waals surface area contributed by atoms with Crippen molar-refractivity contribution >= 4 is 44.7 Å². The number of nitrogens with zero attached hydrogens (tertiary/aromatic N) is 3. The summed E-state index contributed by atoms with van der Waals surface area (Å²) < 4.78 is 18.1. The summed E-state index contributed by atoms with van der Waals surface area (Å²) in [6.07, 6.45) is 3.52. The fourth-order valence-corrected chi connectivity index (χ4v) is 6.26. The third-order valence-electron chi connectivity index (χ3n) is 6.00. The number of aromatic amines is 1. The van der Waals surface area contributed by atoms with Crippen LogP contribution in [0.3, 0.4) is 0 Å². The van der Waals surface area contributed by atoms with Crippen molar-refractivity contribution in [2.45, 2.75) is 23.6 Å². The molecule has 0 aliphatic rings. The lowest BCUT2D eigenvalue weighted by atomic mass is 10.0. The van der Waals surface area contributed by atoms with Crippen LogP contribution < -0.4 is 11.2 Å². The second-order valence-corrected chi connectivity index (χ2v) is 10.8. The Hall–Kier alpha value is -3.30.